The van der Waals surface area contributed by atoms with Crippen molar-refractivity contribution in [1.29, 1.82) is 0 Å². The number of carbonyl (C=O) groups excluding carboxylic acids is 1. The number of amides is 1. The summed E-state index contributed by atoms with van der Waals surface area (Å²) in [7, 11) is 0. The Morgan fingerprint density at radius 1 is 1.14 bits per heavy atom. The minimum atomic E-state index is -0.0670. The van der Waals surface area contributed by atoms with Crippen molar-refractivity contribution in [3.8, 4) is 0 Å². The molecule has 114 valence electrons. The Morgan fingerprint density at radius 2 is 1.91 bits per heavy atom. The summed E-state index contributed by atoms with van der Waals surface area (Å²) in [5.41, 5.74) is 11.2. The van der Waals surface area contributed by atoms with Gasteiger partial charge in [-0.2, -0.15) is 0 Å². The third kappa shape index (κ3) is 3.06. The lowest BCUT2D eigenvalue weighted by molar-refractivity contribution is 0.0952. The summed E-state index contributed by atoms with van der Waals surface area (Å²) in [5.74, 6) is -0.0670. The molecule has 1 fully saturated rings. The van der Waals surface area contributed by atoms with Crippen LogP contribution in [0.4, 0.5) is 17.1 Å². The highest BCUT2D eigenvalue weighted by molar-refractivity contribution is 6.01. The van der Waals surface area contributed by atoms with Gasteiger partial charge in [-0.15, -0.1) is 0 Å². The predicted octanol–water partition coefficient (Wildman–Crippen LogP) is 3.52. The monoisotopic (exact) mass is 295 g/mol. The summed E-state index contributed by atoms with van der Waals surface area (Å²) in [6.07, 6.45) is 2.13. The van der Waals surface area contributed by atoms with Crippen LogP contribution < -0.4 is 16.4 Å². The molecule has 1 aliphatic rings. The molecule has 0 bridgehead atoms. The smallest absolute Gasteiger partial charge is 0.253 e. The second kappa shape index (κ2) is 5.72. The van der Waals surface area contributed by atoms with Gasteiger partial charge in [0.1, 0.15) is 0 Å². The van der Waals surface area contributed by atoms with E-state index in [2.05, 4.69) is 30.5 Å². The molecule has 0 radical (unpaired) electrons. The second-order valence-corrected chi connectivity index (χ2v) is 5.93. The van der Waals surface area contributed by atoms with E-state index in [4.69, 9.17) is 5.73 Å². The third-order valence-electron chi connectivity index (χ3n) is 4.07. The van der Waals surface area contributed by atoms with Crippen molar-refractivity contribution < 1.29 is 4.79 Å². The van der Waals surface area contributed by atoms with Crippen molar-refractivity contribution in [2.75, 3.05) is 11.1 Å². The molecular weight excluding hydrogens is 274 g/mol. The van der Waals surface area contributed by atoms with Crippen LogP contribution in [0.25, 0.3) is 0 Å². The summed E-state index contributed by atoms with van der Waals surface area (Å²) in [4.78, 5) is 12.4. The Bertz CT molecular complexity index is 720. The summed E-state index contributed by atoms with van der Waals surface area (Å²) < 4.78 is 0. The maximum absolute atomic E-state index is 12.4. The van der Waals surface area contributed by atoms with Gasteiger partial charge in [0.05, 0.1) is 11.3 Å². The van der Waals surface area contributed by atoms with Gasteiger partial charge in [0, 0.05) is 17.4 Å². The van der Waals surface area contributed by atoms with Crippen LogP contribution in [0.2, 0.25) is 0 Å². The number of benzene rings is 2. The van der Waals surface area contributed by atoms with Gasteiger partial charge in [0.25, 0.3) is 5.91 Å². The van der Waals surface area contributed by atoms with Gasteiger partial charge >= 0.3 is 0 Å². The van der Waals surface area contributed by atoms with Gasteiger partial charge in [-0.1, -0.05) is 12.1 Å². The number of hydrogen-bond donors (Lipinski definition) is 3. The van der Waals surface area contributed by atoms with Crippen molar-refractivity contribution in [2.45, 2.75) is 32.7 Å². The fourth-order valence-electron chi connectivity index (χ4n) is 2.38. The largest absolute Gasteiger partial charge is 0.399 e. The first kappa shape index (κ1) is 14.4. The standard InChI is InChI=1S/C18H21N3O/c1-11-4-3-5-16(12(11)2)21-17-9-6-13(19)10-15(17)18(22)20-14-7-8-14/h3-6,9-10,14,21H,7-8,19H2,1-2H3,(H,20,22). The van der Waals surface area contributed by atoms with E-state index in [1.807, 2.05) is 18.2 Å². The third-order valence-corrected chi connectivity index (χ3v) is 4.07. The summed E-state index contributed by atoms with van der Waals surface area (Å²) in [5, 5.41) is 6.38. The van der Waals surface area contributed by atoms with E-state index in [1.165, 1.54) is 11.1 Å². The molecule has 0 spiro atoms. The number of nitrogens with one attached hydrogen (secondary N) is 2. The molecule has 4 nitrogen and oxygen atoms in total. The minimum absolute atomic E-state index is 0.0670. The number of nitrogen functional groups attached to an aromatic ring is 1. The number of aryl methyl sites for hydroxylation is 1. The van der Waals surface area contributed by atoms with Crippen LogP contribution in [0.3, 0.4) is 0 Å². The van der Waals surface area contributed by atoms with Gasteiger partial charge in [0.2, 0.25) is 0 Å². The van der Waals surface area contributed by atoms with E-state index >= 15 is 0 Å². The first-order valence-electron chi connectivity index (χ1n) is 7.58. The fourth-order valence-corrected chi connectivity index (χ4v) is 2.38. The number of hydrogen-bond acceptors (Lipinski definition) is 3. The van der Waals surface area contributed by atoms with E-state index in [9.17, 15) is 4.79 Å². The lowest BCUT2D eigenvalue weighted by atomic mass is 10.1. The molecule has 1 amide bonds. The van der Waals surface area contributed by atoms with Crippen LogP contribution in [0.15, 0.2) is 36.4 Å². The highest BCUT2D eigenvalue weighted by Crippen LogP contribution is 2.27. The first-order chi connectivity index (χ1) is 10.5. The molecule has 0 aliphatic heterocycles. The van der Waals surface area contributed by atoms with E-state index in [0.29, 0.717) is 17.3 Å². The van der Waals surface area contributed by atoms with Crippen molar-refractivity contribution in [3.63, 3.8) is 0 Å². The van der Waals surface area contributed by atoms with Crippen molar-refractivity contribution in [2.24, 2.45) is 0 Å². The Kier molecular flexibility index (Phi) is 3.75. The number of rotatable bonds is 4. The molecule has 22 heavy (non-hydrogen) atoms. The zero-order valence-electron chi connectivity index (χ0n) is 12.9. The van der Waals surface area contributed by atoms with E-state index < -0.39 is 0 Å². The molecule has 3 rings (SSSR count). The summed E-state index contributed by atoms with van der Waals surface area (Å²) in [6.45, 7) is 4.14. The van der Waals surface area contributed by atoms with Crippen LogP contribution in [0, 0.1) is 13.8 Å². The van der Waals surface area contributed by atoms with Crippen LogP contribution in [0.5, 0.6) is 0 Å². The molecule has 0 aromatic heterocycles. The molecule has 4 N–H and O–H groups in total. The van der Waals surface area contributed by atoms with Gasteiger partial charge in [-0.05, 0) is 62.1 Å². The highest BCUT2D eigenvalue weighted by atomic mass is 16.1. The molecule has 0 heterocycles. The van der Waals surface area contributed by atoms with Crippen LogP contribution >= 0.6 is 0 Å². The predicted molar refractivity (Wildman–Crippen MR) is 90.5 cm³/mol. The zero-order valence-corrected chi connectivity index (χ0v) is 12.9. The quantitative estimate of drug-likeness (QED) is 0.756. The number of carbonyl (C=O) groups is 1. The Balaban J connectivity index is 1.92. The zero-order chi connectivity index (χ0) is 15.7. The van der Waals surface area contributed by atoms with Gasteiger partial charge in [0.15, 0.2) is 0 Å². The van der Waals surface area contributed by atoms with Gasteiger partial charge in [-0.3, -0.25) is 4.79 Å². The molecule has 4 heteroatoms. The molecule has 1 saturated carbocycles. The lowest BCUT2D eigenvalue weighted by Gasteiger charge is -2.15. The topological polar surface area (TPSA) is 67.1 Å². The normalized spacial score (nSPS) is 13.7. The van der Waals surface area contributed by atoms with Crippen molar-refractivity contribution in [1.82, 2.24) is 5.32 Å². The van der Waals surface area contributed by atoms with Crippen LogP contribution in [-0.4, -0.2) is 11.9 Å². The molecule has 2 aromatic carbocycles. The molecule has 2 aromatic rings. The Labute approximate surface area is 130 Å². The molecular formula is C18H21N3O. The molecule has 1 aliphatic carbocycles. The Morgan fingerprint density at radius 3 is 2.64 bits per heavy atom. The Hall–Kier alpha value is -2.49. The van der Waals surface area contributed by atoms with Crippen molar-refractivity contribution >= 4 is 23.0 Å². The van der Waals surface area contributed by atoms with Crippen molar-refractivity contribution in [3.05, 3.63) is 53.1 Å². The molecule has 0 atom stereocenters. The maximum Gasteiger partial charge on any atom is 0.253 e. The number of anilines is 3. The van der Waals surface area contributed by atoms with Crippen LogP contribution in [-0.2, 0) is 0 Å². The van der Waals surface area contributed by atoms with Crippen LogP contribution in [0.1, 0.15) is 34.3 Å². The summed E-state index contributed by atoms with van der Waals surface area (Å²) in [6, 6.07) is 11.8. The minimum Gasteiger partial charge on any atom is -0.399 e. The molecule has 0 unspecified atom stereocenters. The SMILES string of the molecule is Cc1cccc(Nc2ccc(N)cc2C(=O)NC2CC2)c1C. The van der Waals surface area contributed by atoms with Gasteiger partial charge < -0.3 is 16.4 Å². The second-order valence-electron chi connectivity index (χ2n) is 5.93. The highest BCUT2D eigenvalue weighted by Gasteiger charge is 2.25. The average molecular weight is 295 g/mol. The lowest BCUT2D eigenvalue weighted by Crippen LogP contribution is -2.26. The molecule has 0 saturated heterocycles. The van der Waals surface area contributed by atoms with E-state index in [0.717, 1.165) is 24.2 Å². The van der Waals surface area contributed by atoms with Gasteiger partial charge in [-0.25, -0.2) is 0 Å². The van der Waals surface area contributed by atoms with E-state index in [1.54, 1.807) is 12.1 Å². The fraction of sp³-hybridized carbons (Fsp3) is 0.278. The first-order valence-corrected chi connectivity index (χ1v) is 7.58. The van der Waals surface area contributed by atoms with E-state index in [-0.39, 0.29) is 5.91 Å². The average Bonchev–Trinajstić information content (AvgIpc) is 3.29. The number of nitrogens with two attached hydrogens (primary N) is 1. The maximum atomic E-state index is 12.4. The summed E-state index contributed by atoms with van der Waals surface area (Å²) >= 11 is 0.